The summed E-state index contributed by atoms with van der Waals surface area (Å²) in [7, 11) is -3.95. The van der Waals surface area contributed by atoms with E-state index in [1.165, 1.54) is 17.7 Å². The lowest BCUT2D eigenvalue weighted by Crippen LogP contribution is -2.40. The van der Waals surface area contributed by atoms with Gasteiger partial charge in [0.1, 0.15) is 6.54 Å². The zero-order valence-corrected chi connectivity index (χ0v) is 20.8. The second-order valence-electron chi connectivity index (χ2n) is 8.92. The fourth-order valence-electron chi connectivity index (χ4n) is 3.86. The van der Waals surface area contributed by atoms with Crippen molar-refractivity contribution in [3.05, 3.63) is 96.1 Å². The zero-order valence-electron chi connectivity index (χ0n) is 20.0. The van der Waals surface area contributed by atoms with Gasteiger partial charge in [-0.15, -0.1) is 0 Å². The van der Waals surface area contributed by atoms with Crippen molar-refractivity contribution in [2.45, 2.75) is 44.4 Å². The first-order valence-electron chi connectivity index (χ1n) is 11.1. The molecule has 34 heavy (non-hydrogen) atoms. The maximum atomic E-state index is 13.4. The van der Waals surface area contributed by atoms with Crippen LogP contribution in [0.15, 0.2) is 94.9 Å². The Morgan fingerprint density at radius 1 is 0.912 bits per heavy atom. The predicted octanol–water partition coefficient (Wildman–Crippen LogP) is 5.05. The van der Waals surface area contributed by atoms with Crippen molar-refractivity contribution in [3.8, 4) is 0 Å². The first-order chi connectivity index (χ1) is 16.1. The van der Waals surface area contributed by atoms with E-state index in [0.29, 0.717) is 12.1 Å². The van der Waals surface area contributed by atoms with Crippen LogP contribution in [0.1, 0.15) is 38.3 Å². The summed E-state index contributed by atoms with van der Waals surface area (Å²) in [4.78, 5) is 13.0. The van der Waals surface area contributed by atoms with Crippen molar-refractivity contribution in [2.24, 2.45) is 5.10 Å². The van der Waals surface area contributed by atoms with E-state index in [4.69, 9.17) is 0 Å². The Balaban J connectivity index is 1.79. The van der Waals surface area contributed by atoms with Gasteiger partial charge in [0.15, 0.2) is 0 Å². The minimum atomic E-state index is -3.95. The summed E-state index contributed by atoms with van der Waals surface area (Å²) in [6.07, 6.45) is 0.640. The average Bonchev–Trinajstić information content (AvgIpc) is 2.82. The van der Waals surface area contributed by atoms with Gasteiger partial charge in [0, 0.05) is 5.71 Å². The third-order valence-electron chi connectivity index (χ3n) is 5.63. The van der Waals surface area contributed by atoms with Crippen LogP contribution in [0.2, 0.25) is 0 Å². The number of nitrogens with zero attached hydrogens (tertiary/aromatic N) is 2. The number of hydrogen-bond donors (Lipinski definition) is 1. The van der Waals surface area contributed by atoms with Gasteiger partial charge in [-0.25, -0.2) is 13.8 Å². The number of rotatable bonds is 9. The highest BCUT2D eigenvalue weighted by Crippen LogP contribution is 2.28. The summed E-state index contributed by atoms with van der Waals surface area (Å²) in [5.41, 5.74) is 5.50. The standard InChI is InChI=1S/C27H31N3O3S/c1-21-13-11-12-18-25(21)30(34(32,33)24-16-9-6-10-17-24)20-26(31)29-28-22(2)19-27(3,4)23-14-7-5-8-15-23/h5-18H,19-20H2,1-4H3,(H,29,31)/b28-22+. The largest absolute Gasteiger partial charge is 0.271 e. The molecule has 1 amide bonds. The Labute approximate surface area is 202 Å². The number of sulfonamides is 1. The van der Waals surface area contributed by atoms with E-state index in [0.717, 1.165) is 15.6 Å². The van der Waals surface area contributed by atoms with E-state index in [1.807, 2.05) is 44.2 Å². The minimum Gasteiger partial charge on any atom is -0.271 e. The van der Waals surface area contributed by atoms with Gasteiger partial charge >= 0.3 is 0 Å². The smallest absolute Gasteiger partial charge is 0.264 e. The Kier molecular flexibility index (Phi) is 7.89. The Morgan fingerprint density at radius 3 is 2.09 bits per heavy atom. The first kappa shape index (κ1) is 25.2. The molecule has 0 atom stereocenters. The van der Waals surface area contributed by atoms with Gasteiger partial charge in [-0.2, -0.15) is 5.10 Å². The summed E-state index contributed by atoms with van der Waals surface area (Å²) in [6.45, 7) is 7.52. The van der Waals surface area contributed by atoms with Crippen molar-refractivity contribution in [1.29, 1.82) is 0 Å². The van der Waals surface area contributed by atoms with Gasteiger partial charge in [-0.1, -0.05) is 80.6 Å². The fourth-order valence-corrected chi connectivity index (χ4v) is 5.36. The Hall–Kier alpha value is -3.45. The molecule has 3 aromatic rings. The molecule has 0 heterocycles. The average molecular weight is 478 g/mol. The van der Waals surface area contributed by atoms with E-state index < -0.39 is 15.9 Å². The van der Waals surface area contributed by atoms with Crippen molar-refractivity contribution in [1.82, 2.24) is 5.43 Å². The number of hydrazone groups is 1. The number of para-hydroxylation sites is 1. The fraction of sp³-hybridized carbons (Fsp3) is 0.259. The van der Waals surface area contributed by atoms with Crippen LogP contribution >= 0.6 is 0 Å². The third-order valence-corrected chi connectivity index (χ3v) is 7.40. The lowest BCUT2D eigenvalue weighted by molar-refractivity contribution is -0.119. The van der Waals surface area contributed by atoms with Crippen LogP contribution < -0.4 is 9.73 Å². The van der Waals surface area contributed by atoms with E-state index in [1.54, 1.807) is 30.3 Å². The summed E-state index contributed by atoms with van der Waals surface area (Å²) >= 11 is 0. The second-order valence-corrected chi connectivity index (χ2v) is 10.8. The summed E-state index contributed by atoms with van der Waals surface area (Å²) in [5.74, 6) is -0.514. The van der Waals surface area contributed by atoms with Crippen LogP contribution in [0.25, 0.3) is 0 Å². The molecule has 3 aromatic carbocycles. The Bertz CT molecular complexity index is 1250. The topological polar surface area (TPSA) is 78.8 Å². The van der Waals surface area contributed by atoms with Gasteiger partial charge in [0.25, 0.3) is 15.9 Å². The quantitative estimate of drug-likeness (QED) is 0.346. The van der Waals surface area contributed by atoms with Crippen molar-refractivity contribution < 1.29 is 13.2 Å². The SMILES string of the molecule is C/C(CC(C)(C)c1ccccc1)=N\NC(=O)CN(c1ccccc1C)S(=O)(=O)c1ccccc1. The van der Waals surface area contributed by atoms with Crippen molar-refractivity contribution >= 4 is 27.3 Å². The molecule has 7 heteroatoms. The summed E-state index contributed by atoms with van der Waals surface area (Å²) < 4.78 is 28.0. The highest BCUT2D eigenvalue weighted by atomic mass is 32.2. The van der Waals surface area contributed by atoms with Crippen LogP contribution in [0.5, 0.6) is 0 Å². The van der Waals surface area contributed by atoms with E-state index in [9.17, 15) is 13.2 Å². The van der Waals surface area contributed by atoms with Crippen LogP contribution in [-0.4, -0.2) is 26.6 Å². The number of aryl methyl sites for hydroxylation is 1. The van der Waals surface area contributed by atoms with Gasteiger partial charge in [-0.3, -0.25) is 9.10 Å². The highest BCUT2D eigenvalue weighted by molar-refractivity contribution is 7.92. The molecule has 0 bridgehead atoms. The number of anilines is 1. The number of hydrogen-bond acceptors (Lipinski definition) is 4. The molecule has 0 saturated heterocycles. The summed E-state index contributed by atoms with van der Waals surface area (Å²) in [5, 5.41) is 4.25. The first-order valence-corrected chi connectivity index (χ1v) is 12.6. The van der Waals surface area contributed by atoms with Gasteiger partial charge in [-0.05, 0) is 55.0 Å². The highest BCUT2D eigenvalue weighted by Gasteiger charge is 2.28. The van der Waals surface area contributed by atoms with Crippen molar-refractivity contribution in [3.63, 3.8) is 0 Å². The summed E-state index contributed by atoms with van der Waals surface area (Å²) in [6, 6.07) is 25.3. The minimum absolute atomic E-state index is 0.121. The molecule has 3 rings (SSSR count). The molecule has 178 valence electrons. The third kappa shape index (κ3) is 6.11. The van der Waals surface area contributed by atoms with Gasteiger partial charge in [0.2, 0.25) is 0 Å². The molecule has 0 radical (unpaired) electrons. The molecule has 0 spiro atoms. The van der Waals surface area contributed by atoms with Crippen LogP contribution in [0.4, 0.5) is 5.69 Å². The molecule has 6 nitrogen and oxygen atoms in total. The molecule has 0 unspecified atom stereocenters. The molecule has 0 saturated carbocycles. The Morgan fingerprint density at radius 2 is 1.47 bits per heavy atom. The maximum Gasteiger partial charge on any atom is 0.264 e. The zero-order chi connectivity index (χ0) is 24.8. The van der Waals surface area contributed by atoms with Crippen LogP contribution in [0.3, 0.4) is 0 Å². The van der Waals surface area contributed by atoms with E-state index in [2.05, 4.69) is 36.5 Å². The number of amides is 1. The van der Waals surface area contributed by atoms with Crippen LogP contribution in [-0.2, 0) is 20.2 Å². The number of nitrogens with one attached hydrogen (secondary N) is 1. The molecular weight excluding hydrogens is 446 g/mol. The molecule has 0 aromatic heterocycles. The van der Waals surface area contributed by atoms with Gasteiger partial charge < -0.3 is 0 Å². The molecule has 0 aliphatic rings. The molecule has 0 aliphatic heterocycles. The van der Waals surface area contributed by atoms with Gasteiger partial charge in [0.05, 0.1) is 10.6 Å². The normalized spacial score (nSPS) is 12.3. The van der Waals surface area contributed by atoms with Crippen molar-refractivity contribution in [2.75, 3.05) is 10.8 Å². The number of carbonyl (C=O) groups excluding carboxylic acids is 1. The number of benzene rings is 3. The molecule has 0 fully saturated rings. The maximum absolute atomic E-state index is 13.4. The number of carbonyl (C=O) groups is 1. The molecule has 1 N–H and O–H groups in total. The monoisotopic (exact) mass is 477 g/mol. The van der Waals surface area contributed by atoms with Crippen LogP contribution in [0, 0.1) is 6.92 Å². The molecular formula is C27H31N3O3S. The van der Waals surface area contributed by atoms with E-state index >= 15 is 0 Å². The lowest BCUT2D eigenvalue weighted by Gasteiger charge is -2.26. The second kappa shape index (κ2) is 10.7. The predicted molar refractivity (Wildman–Crippen MR) is 137 cm³/mol. The van der Waals surface area contributed by atoms with E-state index in [-0.39, 0.29) is 16.9 Å². The molecule has 0 aliphatic carbocycles. The lowest BCUT2D eigenvalue weighted by atomic mass is 9.80.